The van der Waals surface area contributed by atoms with Crippen molar-refractivity contribution in [3.63, 3.8) is 0 Å². The Bertz CT molecular complexity index is 154. The minimum Gasteiger partial charge on any atom is -0.313 e. The molecule has 1 fully saturated rings. The first-order valence-electron chi connectivity index (χ1n) is 4.95. The number of hydrogen-bond donors (Lipinski definition) is 1. The summed E-state index contributed by atoms with van der Waals surface area (Å²) < 4.78 is 0. The van der Waals surface area contributed by atoms with E-state index in [-0.39, 0.29) is 0 Å². The second-order valence-electron chi connectivity index (χ2n) is 3.70. The molecular formula is C10H18N2. The van der Waals surface area contributed by atoms with Crippen LogP contribution in [0.4, 0.5) is 0 Å². The van der Waals surface area contributed by atoms with Gasteiger partial charge in [0, 0.05) is 19.0 Å². The highest BCUT2D eigenvalue weighted by Crippen LogP contribution is 2.27. The first kappa shape index (κ1) is 9.54. The standard InChI is InChI=1S/C10H18N2/c1-9(12-8-4-7-11)10-5-2-3-6-10/h9-10,12H,2-6,8H2,1H3. The van der Waals surface area contributed by atoms with Crippen molar-refractivity contribution in [1.82, 2.24) is 5.32 Å². The fourth-order valence-electron chi connectivity index (χ4n) is 1.98. The monoisotopic (exact) mass is 166 g/mol. The van der Waals surface area contributed by atoms with Crippen molar-refractivity contribution in [3.05, 3.63) is 0 Å². The summed E-state index contributed by atoms with van der Waals surface area (Å²) in [5.74, 6) is 0.865. The molecule has 68 valence electrons. The first-order chi connectivity index (χ1) is 5.84. The molecule has 1 rings (SSSR count). The molecule has 2 heteroatoms. The summed E-state index contributed by atoms with van der Waals surface area (Å²) in [5, 5.41) is 11.8. The van der Waals surface area contributed by atoms with Gasteiger partial charge < -0.3 is 5.32 Å². The van der Waals surface area contributed by atoms with Crippen LogP contribution in [0.3, 0.4) is 0 Å². The van der Waals surface area contributed by atoms with Crippen LogP contribution in [0.5, 0.6) is 0 Å². The molecule has 0 amide bonds. The van der Waals surface area contributed by atoms with E-state index in [0.29, 0.717) is 12.5 Å². The molecule has 1 atom stereocenters. The van der Waals surface area contributed by atoms with E-state index in [1.165, 1.54) is 25.7 Å². The lowest BCUT2D eigenvalue weighted by Crippen LogP contribution is -2.32. The van der Waals surface area contributed by atoms with E-state index in [0.717, 1.165) is 12.5 Å². The predicted octanol–water partition coefficient (Wildman–Crippen LogP) is 2.07. The van der Waals surface area contributed by atoms with Gasteiger partial charge in [0.2, 0.25) is 0 Å². The van der Waals surface area contributed by atoms with Gasteiger partial charge in [-0.3, -0.25) is 0 Å². The average molecular weight is 166 g/mol. The van der Waals surface area contributed by atoms with Gasteiger partial charge in [0.05, 0.1) is 6.07 Å². The Labute approximate surface area is 75.0 Å². The maximum atomic E-state index is 8.35. The maximum Gasteiger partial charge on any atom is 0.0635 e. The van der Waals surface area contributed by atoms with Crippen molar-refractivity contribution < 1.29 is 0 Å². The summed E-state index contributed by atoms with van der Waals surface area (Å²) in [7, 11) is 0. The molecule has 0 radical (unpaired) electrons. The fourth-order valence-corrected chi connectivity index (χ4v) is 1.98. The van der Waals surface area contributed by atoms with Gasteiger partial charge in [0.25, 0.3) is 0 Å². The van der Waals surface area contributed by atoms with Crippen LogP contribution in [-0.4, -0.2) is 12.6 Å². The lowest BCUT2D eigenvalue weighted by molar-refractivity contribution is 0.385. The molecule has 0 heterocycles. The molecular weight excluding hydrogens is 148 g/mol. The number of nitrogens with one attached hydrogen (secondary N) is 1. The van der Waals surface area contributed by atoms with Gasteiger partial charge in [0.15, 0.2) is 0 Å². The molecule has 1 saturated carbocycles. The zero-order valence-electron chi connectivity index (χ0n) is 7.84. The molecule has 0 saturated heterocycles. The van der Waals surface area contributed by atoms with Crippen molar-refractivity contribution in [3.8, 4) is 6.07 Å². The number of hydrogen-bond acceptors (Lipinski definition) is 2. The zero-order valence-corrected chi connectivity index (χ0v) is 7.84. The Hall–Kier alpha value is -0.550. The summed E-state index contributed by atoms with van der Waals surface area (Å²) >= 11 is 0. The van der Waals surface area contributed by atoms with E-state index >= 15 is 0 Å². The largest absolute Gasteiger partial charge is 0.313 e. The second kappa shape index (κ2) is 5.16. The van der Waals surface area contributed by atoms with E-state index < -0.39 is 0 Å². The molecule has 2 nitrogen and oxygen atoms in total. The summed E-state index contributed by atoms with van der Waals surface area (Å²) in [4.78, 5) is 0. The number of nitrogens with zero attached hydrogens (tertiary/aromatic N) is 1. The van der Waals surface area contributed by atoms with Gasteiger partial charge in [-0.2, -0.15) is 5.26 Å². The van der Waals surface area contributed by atoms with Gasteiger partial charge >= 0.3 is 0 Å². The topological polar surface area (TPSA) is 35.8 Å². The summed E-state index contributed by atoms with van der Waals surface area (Å²) in [6.45, 7) is 3.10. The summed E-state index contributed by atoms with van der Waals surface area (Å²) in [6.07, 6.45) is 6.18. The second-order valence-corrected chi connectivity index (χ2v) is 3.70. The van der Waals surface area contributed by atoms with E-state index in [2.05, 4.69) is 18.3 Å². The molecule has 12 heavy (non-hydrogen) atoms. The predicted molar refractivity (Wildman–Crippen MR) is 49.7 cm³/mol. The van der Waals surface area contributed by atoms with Crippen molar-refractivity contribution in [1.29, 1.82) is 5.26 Å². The molecule has 1 unspecified atom stereocenters. The summed E-state index contributed by atoms with van der Waals surface area (Å²) in [5.41, 5.74) is 0. The molecule has 1 aliphatic carbocycles. The third kappa shape index (κ3) is 2.83. The zero-order chi connectivity index (χ0) is 8.81. The quantitative estimate of drug-likeness (QED) is 0.649. The Morgan fingerprint density at radius 2 is 2.17 bits per heavy atom. The minimum atomic E-state index is 0.612. The maximum absolute atomic E-state index is 8.35. The molecule has 0 aromatic rings. The molecule has 0 spiro atoms. The normalized spacial score (nSPS) is 20.7. The van der Waals surface area contributed by atoms with E-state index in [1.807, 2.05) is 0 Å². The lowest BCUT2D eigenvalue weighted by atomic mass is 10.00. The minimum absolute atomic E-state index is 0.612. The Balaban J connectivity index is 2.10. The SMILES string of the molecule is CC(NCCC#N)C1CCCC1. The molecule has 0 aliphatic heterocycles. The van der Waals surface area contributed by atoms with Crippen LogP contribution >= 0.6 is 0 Å². The highest BCUT2D eigenvalue weighted by atomic mass is 14.9. The molecule has 0 aromatic heterocycles. The van der Waals surface area contributed by atoms with Gasteiger partial charge in [-0.15, -0.1) is 0 Å². The van der Waals surface area contributed by atoms with Crippen LogP contribution < -0.4 is 5.32 Å². The van der Waals surface area contributed by atoms with Gasteiger partial charge in [-0.1, -0.05) is 12.8 Å². The van der Waals surface area contributed by atoms with E-state index in [4.69, 9.17) is 5.26 Å². The number of nitriles is 1. The first-order valence-corrected chi connectivity index (χ1v) is 4.95. The van der Waals surface area contributed by atoms with Crippen LogP contribution in [0, 0.1) is 17.2 Å². The van der Waals surface area contributed by atoms with Crippen LogP contribution in [0.1, 0.15) is 39.0 Å². The van der Waals surface area contributed by atoms with Gasteiger partial charge in [-0.25, -0.2) is 0 Å². The molecule has 0 aromatic carbocycles. The van der Waals surface area contributed by atoms with Crippen molar-refractivity contribution in [2.45, 2.75) is 45.1 Å². The summed E-state index contributed by atoms with van der Waals surface area (Å²) in [6, 6.07) is 2.76. The molecule has 1 N–H and O–H groups in total. The van der Waals surface area contributed by atoms with Crippen molar-refractivity contribution in [2.24, 2.45) is 5.92 Å². The van der Waals surface area contributed by atoms with E-state index in [9.17, 15) is 0 Å². The Kier molecular flexibility index (Phi) is 4.10. The lowest BCUT2D eigenvalue weighted by Gasteiger charge is -2.19. The molecule has 1 aliphatic rings. The smallest absolute Gasteiger partial charge is 0.0635 e. The Morgan fingerprint density at radius 1 is 1.50 bits per heavy atom. The van der Waals surface area contributed by atoms with Gasteiger partial charge in [-0.05, 0) is 25.7 Å². The highest BCUT2D eigenvalue weighted by molar-refractivity contribution is 4.79. The fraction of sp³-hybridized carbons (Fsp3) is 0.900. The number of rotatable bonds is 4. The van der Waals surface area contributed by atoms with Crippen LogP contribution in [-0.2, 0) is 0 Å². The van der Waals surface area contributed by atoms with Crippen molar-refractivity contribution >= 4 is 0 Å². The van der Waals surface area contributed by atoms with Crippen LogP contribution in [0.15, 0.2) is 0 Å². The highest BCUT2D eigenvalue weighted by Gasteiger charge is 2.20. The van der Waals surface area contributed by atoms with Crippen molar-refractivity contribution in [2.75, 3.05) is 6.54 Å². The Morgan fingerprint density at radius 3 is 2.75 bits per heavy atom. The van der Waals surface area contributed by atoms with E-state index in [1.54, 1.807) is 0 Å². The average Bonchev–Trinajstić information content (AvgIpc) is 2.56. The van der Waals surface area contributed by atoms with Crippen LogP contribution in [0.2, 0.25) is 0 Å². The van der Waals surface area contributed by atoms with Gasteiger partial charge in [0.1, 0.15) is 0 Å². The third-order valence-electron chi connectivity index (χ3n) is 2.81. The third-order valence-corrected chi connectivity index (χ3v) is 2.81. The molecule has 0 bridgehead atoms. The van der Waals surface area contributed by atoms with Crippen LogP contribution in [0.25, 0.3) is 0 Å².